The van der Waals surface area contributed by atoms with Crippen molar-refractivity contribution in [2.75, 3.05) is 89.4 Å². The number of fused-ring (bicyclic) bond motifs is 5. The predicted molar refractivity (Wildman–Crippen MR) is 181 cm³/mol. The Balaban J connectivity index is 0.00000154. The highest BCUT2D eigenvalue weighted by Crippen LogP contribution is 2.34. The molecule has 2 aliphatic rings. The smallest absolute Gasteiger partial charge is 0.0839 e. The number of halogens is 4. The first-order valence-corrected chi connectivity index (χ1v) is 13.6. The number of pyridine rings is 2. The number of aromatic nitrogens is 2. The first-order valence-electron chi connectivity index (χ1n) is 13.6. The highest BCUT2D eigenvalue weighted by molar-refractivity contribution is 6.18. The van der Waals surface area contributed by atoms with Crippen molar-refractivity contribution in [3.05, 3.63) is 48.8 Å². The van der Waals surface area contributed by atoms with Crippen LogP contribution in [0.1, 0.15) is 0 Å². The lowest BCUT2D eigenvalue weighted by Gasteiger charge is -2.28. The van der Waals surface area contributed by atoms with Gasteiger partial charge in [0.1, 0.15) is 0 Å². The van der Waals surface area contributed by atoms with Crippen LogP contribution in [0.25, 0.3) is 32.6 Å². The third-order valence-electron chi connectivity index (χ3n) is 7.56. The molecular formula is C29H40Cl4N6O3. The van der Waals surface area contributed by atoms with Gasteiger partial charge >= 0.3 is 0 Å². The van der Waals surface area contributed by atoms with Crippen LogP contribution in [0.4, 0.5) is 11.4 Å². The summed E-state index contributed by atoms with van der Waals surface area (Å²) >= 11 is 0. The van der Waals surface area contributed by atoms with Gasteiger partial charge < -0.3 is 25.2 Å². The predicted octanol–water partition coefficient (Wildman–Crippen LogP) is 4.47. The van der Waals surface area contributed by atoms with E-state index in [9.17, 15) is 5.11 Å². The molecule has 42 heavy (non-hydrogen) atoms. The van der Waals surface area contributed by atoms with Gasteiger partial charge in [0, 0.05) is 97.7 Å². The van der Waals surface area contributed by atoms with Gasteiger partial charge in [-0.3, -0.25) is 19.8 Å². The number of β-amino-alcohol motifs (C(OH)–C–C–N with tert-alkyl or cyclic N) is 1. The largest absolute Gasteiger partial charge is 0.390 e. The molecule has 9 nitrogen and oxygen atoms in total. The highest BCUT2D eigenvalue weighted by Gasteiger charge is 2.16. The highest BCUT2D eigenvalue weighted by atomic mass is 35.5. The summed E-state index contributed by atoms with van der Waals surface area (Å²) in [6, 6.07) is 12.6. The lowest BCUT2D eigenvalue weighted by atomic mass is 10.0. The van der Waals surface area contributed by atoms with Crippen LogP contribution >= 0.6 is 49.6 Å². The molecule has 0 bridgehead atoms. The minimum absolute atomic E-state index is 0. The van der Waals surface area contributed by atoms with E-state index in [0.717, 1.165) is 110 Å². The van der Waals surface area contributed by atoms with Gasteiger partial charge in [0.05, 0.1) is 43.6 Å². The molecule has 232 valence electrons. The second-order valence-electron chi connectivity index (χ2n) is 10.1. The molecule has 2 aromatic heterocycles. The van der Waals surface area contributed by atoms with Crippen LogP contribution < -0.4 is 10.6 Å². The molecule has 0 aliphatic carbocycles. The molecule has 1 atom stereocenters. The minimum atomic E-state index is -0.459. The van der Waals surface area contributed by atoms with Crippen molar-refractivity contribution in [2.45, 2.75) is 6.10 Å². The van der Waals surface area contributed by atoms with Crippen molar-refractivity contribution in [2.24, 2.45) is 0 Å². The Kier molecular flexibility index (Phi) is 15.0. The number of rotatable bonds is 9. The Morgan fingerprint density at radius 2 is 1.14 bits per heavy atom. The molecule has 0 saturated carbocycles. The van der Waals surface area contributed by atoms with Crippen molar-refractivity contribution in [3.63, 3.8) is 0 Å². The number of benzene rings is 2. The molecule has 1 unspecified atom stereocenters. The number of morpholine rings is 2. The molecule has 0 amide bonds. The standard InChI is InChI=1S/C29H36N6O3.4ClH/c36-21(20-35-13-17-38-18-14-35)19-33-27-6-8-32-29-23-1-3-24-26(30-9-10-34-11-15-37-16-12-34)5-7-31-28(24)22(23)2-4-25(27)29;;;;/h1-8,21,36H,9-20H2,(H,30,31)(H,32,33);4*1H. The number of anilines is 2. The number of ether oxygens (including phenoxy) is 2. The summed E-state index contributed by atoms with van der Waals surface area (Å²) in [6.07, 6.45) is 3.25. The summed E-state index contributed by atoms with van der Waals surface area (Å²) in [5, 5.41) is 22.0. The third kappa shape index (κ3) is 8.37. The molecule has 0 radical (unpaired) electrons. The van der Waals surface area contributed by atoms with E-state index in [1.54, 1.807) is 0 Å². The maximum Gasteiger partial charge on any atom is 0.0839 e. The maximum atomic E-state index is 10.6. The van der Waals surface area contributed by atoms with E-state index in [-0.39, 0.29) is 49.6 Å². The van der Waals surface area contributed by atoms with Crippen molar-refractivity contribution in [1.29, 1.82) is 0 Å². The Hall–Kier alpha value is -1.92. The summed E-state index contributed by atoms with van der Waals surface area (Å²) in [5.74, 6) is 0. The summed E-state index contributed by atoms with van der Waals surface area (Å²) in [7, 11) is 0. The van der Waals surface area contributed by atoms with Gasteiger partial charge in [-0.05, 0) is 12.1 Å². The monoisotopic (exact) mass is 660 g/mol. The number of aliphatic hydroxyl groups is 1. The van der Waals surface area contributed by atoms with Crippen LogP contribution in [0.5, 0.6) is 0 Å². The van der Waals surface area contributed by atoms with Gasteiger partial charge in [-0.15, -0.1) is 49.6 Å². The van der Waals surface area contributed by atoms with Gasteiger partial charge in [-0.2, -0.15) is 0 Å². The Labute approximate surface area is 271 Å². The van der Waals surface area contributed by atoms with E-state index < -0.39 is 6.10 Å². The SMILES string of the molecule is Cl.Cl.Cl.Cl.OC(CNc1ccnc2c1ccc1c2ccc2c(NCCN3CCOCC3)ccnc21)CN1CCOCC1. The van der Waals surface area contributed by atoms with Crippen LogP contribution in [0.15, 0.2) is 48.8 Å². The van der Waals surface area contributed by atoms with Crippen molar-refractivity contribution < 1.29 is 14.6 Å². The fraction of sp³-hybridized carbons (Fsp3) is 0.448. The number of hydrogen-bond donors (Lipinski definition) is 3. The van der Waals surface area contributed by atoms with Crippen LogP contribution in [0.3, 0.4) is 0 Å². The molecule has 0 spiro atoms. The van der Waals surface area contributed by atoms with E-state index >= 15 is 0 Å². The van der Waals surface area contributed by atoms with Gasteiger partial charge in [-0.25, -0.2) is 0 Å². The van der Waals surface area contributed by atoms with E-state index in [4.69, 9.17) is 19.4 Å². The molecule has 2 saturated heterocycles. The average molecular weight is 662 g/mol. The van der Waals surface area contributed by atoms with E-state index in [1.807, 2.05) is 18.5 Å². The first kappa shape index (κ1) is 36.3. The normalized spacial score (nSPS) is 16.5. The summed E-state index contributed by atoms with van der Waals surface area (Å²) in [4.78, 5) is 14.2. The Bertz CT molecular complexity index is 1410. The van der Waals surface area contributed by atoms with Crippen molar-refractivity contribution >= 4 is 93.6 Å². The zero-order chi connectivity index (χ0) is 25.7. The number of hydrogen-bond acceptors (Lipinski definition) is 9. The lowest BCUT2D eigenvalue weighted by molar-refractivity contribution is 0.0171. The fourth-order valence-electron chi connectivity index (χ4n) is 5.49. The summed E-state index contributed by atoms with van der Waals surface area (Å²) in [6.45, 7) is 9.82. The second kappa shape index (κ2) is 17.4. The molecule has 6 rings (SSSR count). The van der Waals surface area contributed by atoms with Crippen LogP contribution in [-0.4, -0.2) is 110 Å². The van der Waals surface area contributed by atoms with Gasteiger partial charge in [-0.1, -0.05) is 24.3 Å². The molecule has 3 N–H and O–H groups in total. The minimum Gasteiger partial charge on any atom is -0.390 e. The molecule has 4 heterocycles. The molecule has 2 fully saturated rings. The van der Waals surface area contributed by atoms with Crippen molar-refractivity contribution in [1.82, 2.24) is 19.8 Å². The molecular weight excluding hydrogens is 622 g/mol. The number of nitrogens with one attached hydrogen (secondary N) is 2. The fourth-order valence-corrected chi connectivity index (χ4v) is 5.49. The van der Waals surface area contributed by atoms with Gasteiger partial charge in [0.15, 0.2) is 0 Å². The number of aliphatic hydroxyl groups excluding tert-OH is 1. The number of nitrogens with zero attached hydrogens (tertiary/aromatic N) is 4. The average Bonchev–Trinajstić information content (AvgIpc) is 2.97. The molecule has 2 aliphatic heterocycles. The first-order chi connectivity index (χ1) is 18.8. The quantitative estimate of drug-likeness (QED) is 0.225. The van der Waals surface area contributed by atoms with E-state index in [2.05, 4.69) is 50.8 Å². The molecule has 4 aromatic rings. The van der Waals surface area contributed by atoms with Crippen LogP contribution in [0, 0.1) is 0 Å². The second-order valence-corrected chi connectivity index (χ2v) is 10.1. The van der Waals surface area contributed by atoms with Crippen molar-refractivity contribution in [3.8, 4) is 0 Å². The van der Waals surface area contributed by atoms with E-state index in [1.165, 1.54) is 0 Å². The maximum absolute atomic E-state index is 10.6. The summed E-state index contributed by atoms with van der Waals surface area (Å²) in [5.41, 5.74) is 3.99. The zero-order valence-corrected chi connectivity index (χ0v) is 26.6. The third-order valence-corrected chi connectivity index (χ3v) is 7.56. The van der Waals surface area contributed by atoms with Gasteiger partial charge in [0.25, 0.3) is 0 Å². The molecule has 2 aromatic carbocycles. The van der Waals surface area contributed by atoms with Gasteiger partial charge in [0.2, 0.25) is 0 Å². The van der Waals surface area contributed by atoms with Crippen LogP contribution in [0.2, 0.25) is 0 Å². The van der Waals surface area contributed by atoms with Crippen LogP contribution in [-0.2, 0) is 9.47 Å². The Morgan fingerprint density at radius 3 is 1.69 bits per heavy atom. The Morgan fingerprint density at radius 1 is 0.667 bits per heavy atom. The topological polar surface area (TPSA) is 95.0 Å². The summed E-state index contributed by atoms with van der Waals surface area (Å²) < 4.78 is 10.9. The molecule has 13 heteroatoms. The zero-order valence-electron chi connectivity index (χ0n) is 23.4. The van der Waals surface area contributed by atoms with E-state index in [0.29, 0.717) is 13.1 Å². The lowest BCUT2D eigenvalue weighted by Crippen LogP contribution is -2.42.